The monoisotopic (exact) mass is 374 g/mol. The summed E-state index contributed by atoms with van der Waals surface area (Å²) >= 11 is 0. The van der Waals surface area contributed by atoms with Crippen LogP contribution in [0.4, 0.5) is 4.79 Å². The minimum Gasteiger partial charge on any atom is -0.352 e. The molecule has 1 aliphatic heterocycles. The van der Waals surface area contributed by atoms with Gasteiger partial charge in [-0.15, -0.1) is 0 Å². The quantitative estimate of drug-likeness (QED) is 0.613. The number of amides is 3. The van der Waals surface area contributed by atoms with Gasteiger partial charge in [-0.1, -0.05) is 19.1 Å². The number of urea groups is 1. The minimum atomic E-state index is -0.185. The van der Waals surface area contributed by atoms with Crippen molar-refractivity contribution in [2.45, 2.75) is 52.6 Å². The number of nitrogens with zero attached hydrogens (tertiary/aromatic N) is 1. The lowest BCUT2D eigenvalue weighted by molar-refractivity contribution is 0.0950. The summed E-state index contributed by atoms with van der Waals surface area (Å²) in [6, 6.07) is 7.28. The van der Waals surface area contributed by atoms with Crippen LogP contribution in [0, 0.1) is 5.92 Å². The SMILES string of the molecule is CC1CCN(CCCNC(=O)c2ccc(CNC(=O)NC(C)C)cc2)CC1. The van der Waals surface area contributed by atoms with Crippen LogP contribution in [0.2, 0.25) is 0 Å². The molecule has 6 nitrogen and oxygen atoms in total. The Labute approximate surface area is 163 Å². The molecule has 150 valence electrons. The first kappa shape index (κ1) is 21.2. The normalized spacial score (nSPS) is 15.6. The average molecular weight is 375 g/mol. The van der Waals surface area contributed by atoms with Gasteiger partial charge in [0.2, 0.25) is 0 Å². The van der Waals surface area contributed by atoms with Crippen LogP contribution in [0.25, 0.3) is 0 Å². The van der Waals surface area contributed by atoms with Crippen LogP contribution in [-0.4, -0.2) is 49.1 Å². The van der Waals surface area contributed by atoms with Crippen molar-refractivity contribution in [1.29, 1.82) is 0 Å². The van der Waals surface area contributed by atoms with Gasteiger partial charge >= 0.3 is 6.03 Å². The topological polar surface area (TPSA) is 73.5 Å². The molecule has 1 aliphatic rings. The minimum absolute atomic E-state index is 0.0423. The zero-order valence-electron chi connectivity index (χ0n) is 16.9. The molecule has 6 heteroatoms. The van der Waals surface area contributed by atoms with E-state index >= 15 is 0 Å². The van der Waals surface area contributed by atoms with Gasteiger partial charge in [0.15, 0.2) is 0 Å². The highest BCUT2D eigenvalue weighted by Gasteiger charge is 2.15. The Morgan fingerprint density at radius 2 is 1.78 bits per heavy atom. The van der Waals surface area contributed by atoms with E-state index in [1.165, 1.54) is 25.9 Å². The van der Waals surface area contributed by atoms with Gasteiger partial charge in [-0.25, -0.2) is 4.79 Å². The summed E-state index contributed by atoms with van der Waals surface area (Å²) in [6.45, 7) is 10.7. The molecular formula is C21H34N4O2. The lowest BCUT2D eigenvalue weighted by Crippen LogP contribution is -2.39. The van der Waals surface area contributed by atoms with Crippen LogP contribution >= 0.6 is 0 Å². The summed E-state index contributed by atoms with van der Waals surface area (Å²) in [5.74, 6) is 0.808. The molecule has 0 saturated carbocycles. The van der Waals surface area contributed by atoms with Gasteiger partial charge in [-0.05, 0) is 76.4 Å². The molecule has 1 saturated heterocycles. The molecule has 2 rings (SSSR count). The number of carbonyl (C=O) groups is 2. The molecule has 27 heavy (non-hydrogen) atoms. The Morgan fingerprint density at radius 1 is 1.11 bits per heavy atom. The van der Waals surface area contributed by atoms with Gasteiger partial charge < -0.3 is 20.9 Å². The van der Waals surface area contributed by atoms with E-state index in [-0.39, 0.29) is 18.0 Å². The van der Waals surface area contributed by atoms with Crippen molar-refractivity contribution in [3.8, 4) is 0 Å². The largest absolute Gasteiger partial charge is 0.352 e. The van der Waals surface area contributed by atoms with E-state index in [9.17, 15) is 9.59 Å². The zero-order valence-corrected chi connectivity index (χ0v) is 16.9. The van der Waals surface area contributed by atoms with Crippen molar-refractivity contribution in [2.75, 3.05) is 26.2 Å². The van der Waals surface area contributed by atoms with Crippen LogP contribution in [-0.2, 0) is 6.54 Å². The molecule has 0 aliphatic carbocycles. The molecule has 0 bridgehead atoms. The Morgan fingerprint density at radius 3 is 2.41 bits per heavy atom. The third-order valence-electron chi connectivity index (χ3n) is 4.90. The third-order valence-corrected chi connectivity index (χ3v) is 4.90. The van der Waals surface area contributed by atoms with E-state index in [0.717, 1.165) is 24.4 Å². The van der Waals surface area contributed by atoms with Crippen molar-refractivity contribution in [2.24, 2.45) is 5.92 Å². The predicted octanol–water partition coefficient (Wildman–Crippen LogP) is 2.75. The first-order valence-electron chi connectivity index (χ1n) is 10.1. The fourth-order valence-corrected chi connectivity index (χ4v) is 3.16. The Balaban J connectivity index is 1.65. The molecule has 0 radical (unpaired) electrons. The molecule has 0 aromatic heterocycles. The van der Waals surface area contributed by atoms with E-state index in [1.54, 1.807) is 12.1 Å². The molecule has 1 aromatic carbocycles. The highest BCUT2D eigenvalue weighted by atomic mass is 16.2. The van der Waals surface area contributed by atoms with Gasteiger partial charge in [0.25, 0.3) is 5.91 Å². The predicted molar refractivity (Wildman–Crippen MR) is 109 cm³/mol. The molecule has 0 unspecified atom stereocenters. The van der Waals surface area contributed by atoms with Crippen molar-refractivity contribution >= 4 is 11.9 Å². The molecule has 3 amide bonds. The summed E-state index contributed by atoms with van der Waals surface area (Å²) in [6.07, 6.45) is 3.55. The summed E-state index contributed by atoms with van der Waals surface area (Å²) in [5.41, 5.74) is 1.61. The second-order valence-electron chi connectivity index (χ2n) is 7.81. The second kappa shape index (κ2) is 10.9. The number of hydrogen-bond donors (Lipinski definition) is 3. The Kier molecular flexibility index (Phi) is 8.58. The molecule has 3 N–H and O–H groups in total. The van der Waals surface area contributed by atoms with Gasteiger partial charge in [0.05, 0.1) is 0 Å². The van der Waals surface area contributed by atoms with E-state index in [1.807, 2.05) is 26.0 Å². The Bertz CT molecular complexity index is 593. The summed E-state index contributed by atoms with van der Waals surface area (Å²) in [7, 11) is 0. The zero-order chi connectivity index (χ0) is 19.6. The fraction of sp³-hybridized carbons (Fsp3) is 0.619. The van der Waals surface area contributed by atoms with E-state index in [2.05, 4.69) is 27.8 Å². The van der Waals surface area contributed by atoms with Gasteiger partial charge in [-0.2, -0.15) is 0 Å². The van der Waals surface area contributed by atoms with Crippen molar-refractivity contribution < 1.29 is 9.59 Å². The number of piperidine rings is 1. The number of benzene rings is 1. The van der Waals surface area contributed by atoms with E-state index in [4.69, 9.17) is 0 Å². The first-order valence-corrected chi connectivity index (χ1v) is 10.1. The molecule has 0 atom stereocenters. The summed E-state index contributed by atoms with van der Waals surface area (Å²) in [5, 5.41) is 8.57. The van der Waals surface area contributed by atoms with Crippen LogP contribution in [0.5, 0.6) is 0 Å². The third kappa shape index (κ3) is 7.99. The van der Waals surface area contributed by atoms with Gasteiger partial charge in [0.1, 0.15) is 0 Å². The molecule has 1 aromatic rings. The van der Waals surface area contributed by atoms with Crippen molar-refractivity contribution in [1.82, 2.24) is 20.9 Å². The Hall–Kier alpha value is -2.08. The number of likely N-dealkylation sites (tertiary alicyclic amines) is 1. The maximum Gasteiger partial charge on any atom is 0.315 e. The lowest BCUT2D eigenvalue weighted by atomic mass is 9.99. The fourth-order valence-electron chi connectivity index (χ4n) is 3.16. The van der Waals surface area contributed by atoms with E-state index in [0.29, 0.717) is 18.7 Å². The highest BCUT2D eigenvalue weighted by Crippen LogP contribution is 2.15. The lowest BCUT2D eigenvalue weighted by Gasteiger charge is -2.30. The molecule has 1 heterocycles. The second-order valence-corrected chi connectivity index (χ2v) is 7.81. The van der Waals surface area contributed by atoms with Crippen LogP contribution in [0.15, 0.2) is 24.3 Å². The van der Waals surface area contributed by atoms with E-state index < -0.39 is 0 Å². The van der Waals surface area contributed by atoms with Gasteiger partial charge in [-0.3, -0.25) is 4.79 Å². The van der Waals surface area contributed by atoms with Gasteiger partial charge in [0, 0.05) is 24.7 Å². The summed E-state index contributed by atoms with van der Waals surface area (Å²) < 4.78 is 0. The number of hydrogen-bond acceptors (Lipinski definition) is 3. The summed E-state index contributed by atoms with van der Waals surface area (Å²) in [4.78, 5) is 26.3. The standard InChI is InChI=1S/C21H34N4O2/c1-16(2)24-21(27)23-15-18-5-7-19(8-6-18)20(26)22-11-4-12-25-13-9-17(3)10-14-25/h5-8,16-17H,4,9-15H2,1-3H3,(H,22,26)(H2,23,24,27). The van der Waals surface area contributed by atoms with Crippen molar-refractivity contribution in [3.63, 3.8) is 0 Å². The highest BCUT2D eigenvalue weighted by molar-refractivity contribution is 5.94. The number of nitrogens with one attached hydrogen (secondary N) is 3. The molecule has 0 spiro atoms. The maximum atomic E-state index is 12.2. The van der Waals surface area contributed by atoms with Crippen LogP contribution < -0.4 is 16.0 Å². The first-order chi connectivity index (χ1) is 12.9. The number of rotatable bonds is 8. The van der Waals surface area contributed by atoms with Crippen LogP contribution in [0.3, 0.4) is 0 Å². The molecule has 1 fully saturated rings. The number of carbonyl (C=O) groups excluding carboxylic acids is 2. The smallest absolute Gasteiger partial charge is 0.315 e. The average Bonchev–Trinajstić information content (AvgIpc) is 2.64. The maximum absolute atomic E-state index is 12.2. The van der Waals surface area contributed by atoms with Crippen molar-refractivity contribution in [3.05, 3.63) is 35.4 Å². The van der Waals surface area contributed by atoms with Crippen LogP contribution in [0.1, 0.15) is 56.0 Å². The molecular weight excluding hydrogens is 340 g/mol.